The molecule has 0 rings (SSSR count). The van der Waals surface area contributed by atoms with Crippen LogP contribution in [0.4, 0.5) is 0 Å². The zero-order valence-corrected chi connectivity index (χ0v) is 18.5. The van der Waals surface area contributed by atoms with Crippen LogP contribution in [0.2, 0.25) is 0 Å². The van der Waals surface area contributed by atoms with E-state index in [2.05, 4.69) is 6.92 Å². The molecule has 4 heteroatoms. The van der Waals surface area contributed by atoms with Crippen LogP contribution in [0.1, 0.15) is 135 Å². The Kier molecular flexibility index (Phi) is 23.6. The molecule has 0 spiro atoms. The highest BCUT2D eigenvalue weighted by molar-refractivity contribution is 7.39. The van der Waals surface area contributed by atoms with E-state index in [4.69, 9.17) is 14.3 Å². The van der Waals surface area contributed by atoms with E-state index in [9.17, 15) is 0 Å². The second kappa shape index (κ2) is 23.3. The molecule has 0 aromatic carbocycles. The second-order valence-electron chi connectivity index (χ2n) is 7.80. The Hall–Kier alpha value is 0.310. The summed E-state index contributed by atoms with van der Waals surface area (Å²) in [6.07, 6.45) is 27.5. The van der Waals surface area contributed by atoms with Crippen molar-refractivity contribution >= 4 is 8.60 Å². The van der Waals surface area contributed by atoms with Crippen molar-refractivity contribution in [2.45, 2.75) is 135 Å². The summed E-state index contributed by atoms with van der Waals surface area (Å²) in [7, 11) is -2.15. The lowest BCUT2D eigenvalue weighted by Crippen LogP contribution is -1.89. The zero-order valence-electron chi connectivity index (χ0n) is 17.6. The highest BCUT2D eigenvalue weighted by atomic mass is 31.2. The molecule has 0 fully saturated rings. The van der Waals surface area contributed by atoms with Gasteiger partial charge in [-0.25, -0.2) is 0 Å². The third kappa shape index (κ3) is 24.3. The van der Waals surface area contributed by atoms with Crippen molar-refractivity contribution in [1.29, 1.82) is 0 Å². The molecule has 158 valence electrons. The van der Waals surface area contributed by atoms with Crippen molar-refractivity contribution in [1.82, 2.24) is 0 Å². The van der Waals surface area contributed by atoms with Gasteiger partial charge >= 0.3 is 8.60 Å². The van der Waals surface area contributed by atoms with Crippen molar-refractivity contribution < 1.29 is 14.3 Å². The van der Waals surface area contributed by atoms with Gasteiger partial charge in [0.2, 0.25) is 0 Å². The first-order chi connectivity index (χ1) is 12.8. The Morgan fingerprint density at radius 2 is 0.731 bits per heavy atom. The highest BCUT2D eigenvalue weighted by Crippen LogP contribution is 2.24. The van der Waals surface area contributed by atoms with E-state index < -0.39 is 8.60 Å². The predicted molar refractivity (Wildman–Crippen MR) is 115 cm³/mol. The van der Waals surface area contributed by atoms with Crippen molar-refractivity contribution in [3.05, 3.63) is 0 Å². The van der Waals surface area contributed by atoms with Gasteiger partial charge in [0, 0.05) is 0 Å². The Balaban J connectivity index is 2.97. The van der Waals surface area contributed by atoms with Crippen LogP contribution in [0.3, 0.4) is 0 Å². The largest absolute Gasteiger partial charge is 0.328 e. The van der Waals surface area contributed by atoms with Gasteiger partial charge in [-0.05, 0) is 6.42 Å². The molecule has 0 amide bonds. The topological polar surface area (TPSA) is 49.7 Å². The molecule has 0 saturated carbocycles. The Bertz CT molecular complexity index is 250. The third-order valence-electron chi connectivity index (χ3n) is 5.20. The van der Waals surface area contributed by atoms with E-state index in [0.717, 1.165) is 12.8 Å². The summed E-state index contributed by atoms with van der Waals surface area (Å²) < 4.78 is 4.75. The fourth-order valence-electron chi connectivity index (χ4n) is 3.50. The summed E-state index contributed by atoms with van der Waals surface area (Å²) in [5, 5.41) is 0. The summed E-state index contributed by atoms with van der Waals surface area (Å²) in [4.78, 5) is 17.2. The average Bonchev–Trinajstić information content (AvgIpc) is 2.62. The lowest BCUT2D eigenvalue weighted by molar-refractivity contribution is 0.248. The first-order valence-electron chi connectivity index (χ1n) is 11.6. The summed E-state index contributed by atoms with van der Waals surface area (Å²) in [5.41, 5.74) is 0. The van der Waals surface area contributed by atoms with Gasteiger partial charge in [0.05, 0.1) is 6.61 Å². The van der Waals surface area contributed by atoms with E-state index in [-0.39, 0.29) is 0 Å². The van der Waals surface area contributed by atoms with Gasteiger partial charge in [-0.15, -0.1) is 0 Å². The molecule has 0 aliphatic heterocycles. The van der Waals surface area contributed by atoms with Crippen LogP contribution in [0.25, 0.3) is 0 Å². The maximum absolute atomic E-state index is 8.61. The number of unbranched alkanes of at least 4 members (excludes halogenated alkanes) is 19. The van der Waals surface area contributed by atoms with Crippen LogP contribution < -0.4 is 0 Å². The normalized spacial score (nSPS) is 11.5. The fraction of sp³-hybridized carbons (Fsp3) is 1.00. The standard InChI is InChI=1S/C22H47O3P/c1-2-3-4-5-6-7-8-9-10-11-12-13-14-15-16-17-18-19-20-21-22-25-26(23)24/h23-24H,2-22H2,1H3. The van der Waals surface area contributed by atoms with Gasteiger partial charge in [-0.3, -0.25) is 0 Å². The molecular weight excluding hydrogens is 343 g/mol. The maximum atomic E-state index is 8.61. The van der Waals surface area contributed by atoms with Crippen LogP contribution in [0.5, 0.6) is 0 Å². The molecule has 0 atom stereocenters. The predicted octanol–water partition coefficient (Wildman–Crippen LogP) is 8.04. The van der Waals surface area contributed by atoms with E-state index in [1.165, 1.54) is 116 Å². The third-order valence-corrected chi connectivity index (χ3v) is 5.62. The Labute approximate surface area is 165 Å². The van der Waals surface area contributed by atoms with Crippen LogP contribution in [0, 0.1) is 0 Å². The van der Waals surface area contributed by atoms with Gasteiger partial charge in [0.15, 0.2) is 0 Å². The molecule has 0 unspecified atom stereocenters. The van der Waals surface area contributed by atoms with Crippen LogP contribution >= 0.6 is 8.60 Å². The fourth-order valence-corrected chi connectivity index (χ4v) is 3.80. The second-order valence-corrected chi connectivity index (χ2v) is 8.57. The minimum absolute atomic E-state index is 0.484. The molecule has 0 aromatic rings. The van der Waals surface area contributed by atoms with Gasteiger partial charge < -0.3 is 14.3 Å². The first kappa shape index (κ1) is 26.3. The van der Waals surface area contributed by atoms with Gasteiger partial charge in [-0.1, -0.05) is 129 Å². The average molecular weight is 391 g/mol. The zero-order chi connectivity index (χ0) is 19.1. The van der Waals surface area contributed by atoms with Crippen molar-refractivity contribution in [2.24, 2.45) is 0 Å². The lowest BCUT2D eigenvalue weighted by atomic mass is 10.0. The highest BCUT2D eigenvalue weighted by Gasteiger charge is 1.98. The Morgan fingerprint density at radius 3 is 1.00 bits per heavy atom. The van der Waals surface area contributed by atoms with E-state index in [0.29, 0.717) is 6.61 Å². The molecule has 0 aliphatic rings. The van der Waals surface area contributed by atoms with Crippen LogP contribution in [-0.2, 0) is 4.52 Å². The quantitative estimate of drug-likeness (QED) is 0.145. The summed E-state index contributed by atoms with van der Waals surface area (Å²) in [5.74, 6) is 0. The van der Waals surface area contributed by atoms with Crippen molar-refractivity contribution in [3.8, 4) is 0 Å². The van der Waals surface area contributed by atoms with Gasteiger partial charge in [0.1, 0.15) is 0 Å². The van der Waals surface area contributed by atoms with Crippen molar-refractivity contribution in [2.75, 3.05) is 6.61 Å². The van der Waals surface area contributed by atoms with Gasteiger partial charge in [0.25, 0.3) is 0 Å². The summed E-state index contributed by atoms with van der Waals surface area (Å²) in [6, 6.07) is 0. The molecule has 0 aliphatic carbocycles. The van der Waals surface area contributed by atoms with E-state index in [1.54, 1.807) is 0 Å². The minimum Gasteiger partial charge on any atom is -0.328 e. The molecular formula is C22H47O3P. The molecule has 0 saturated heterocycles. The molecule has 26 heavy (non-hydrogen) atoms. The summed E-state index contributed by atoms with van der Waals surface area (Å²) >= 11 is 0. The Morgan fingerprint density at radius 1 is 0.462 bits per heavy atom. The van der Waals surface area contributed by atoms with E-state index >= 15 is 0 Å². The molecule has 0 radical (unpaired) electrons. The van der Waals surface area contributed by atoms with Crippen LogP contribution in [-0.4, -0.2) is 16.4 Å². The lowest BCUT2D eigenvalue weighted by Gasteiger charge is -2.04. The monoisotopic (exact) mass is 390 g/mol. The number of hydrogen-bond acceptors (Lipinski definition) is 3. The summed E-state index contributed by atoms with van der Waals surface area (Å²) in [6.45, 7) is 2.77. The smallest absolute Gasteiger partial charge is 0.327 e. The molecule has 2 N–H and O–H groups in total. The number of hydrogen-bond donors (Lipinski definition) is 2. The van der Waals surface area contributed by atoms with Gasteiger partial charge in [-0.2, -0.15) is 0 Å². The molecule has 0 bridgehead atoms. The molecule has 0 heterocycles. The SMILES string of the molecule is CCCCCCCCCCCCCCCCCCCCCCOP(O)O. The number of rotatable bonds is 22. The first-order valence-corrected chi connectivity index (χ1v) is 12.7. The van der Waals surface area contributed by atoms with Crippen LogP contribution in [0.15, 0.2) is 0 Å². The maximum Gasteiger partial charge on any atom is 0.327 e. The molecule has 0 aromatic heterocycles. The van der Waals surface area contributed by atoms with E-state index in [1.807, 2.05) is 0 Å². The minimum atomic E-state index is -2.15. The van der Waals surface area contributed by atoms with Crippen molar-refractivity contribution in [3.63, 3.8) is 0 Å². The molecule has 3 nitrogen and oxygen atoms in total.